The molecule has 3 heterocycles. The van der Waals surface area contributed by atoms with Crippen molar-refractivity contribution >= 4 is 34.8 Å². The van der Waals surface area contributed by atoms with E-state index in [9.17, 15) is 9.59 Å². The van der Waals surface area contributed by atoms with Crippen molar-refractivity contribution in [2.75, 3.05) is 26.2 Å². The van der Waals surface area contributed by atoms with E-state index in [0.717, 1.165) is 16.5 Å². The number of rotatable bonds is 3. The van der Waals surface area contributed by atoms with E-state index in [1.54, 1.807) is 46.7 Å². The van der Waals surface area contributed by atoms with Gasteiger partial charge < -0.3 is 9.80 Å². The Hall–Kier alpha value is -2.64. The molecule has 2 amide bonds. The summed E-state index contributed by atoms with van der Waals surface area (Å²) in [5.41, 5.74) is 3.13. The Morgan fingerprint density at radius 3 is 2.34 bits per heavy atom. The topological polar surface area (TPSA) is 58.4 Å². The molecule has 0 spiro atoms. The standard InChI is InChI=1S/C21H21ClN4O2S/c1-14-12-18(15(2)26(14)21-23-6-11-29-21)20(28)25-9-7-24(8-10-25)19(27)16-4-3-5-17(22)13-16/h3-6,11-13H,7-10H2,1-2H3. The molecule has 0 unspecified atom stereocenters. The van der Waals surface area contributed by atoms with Gasteiger partial charge in [-0.1, -0.05) is 17.7 Å². The van der Waals surface area contributed by atoms with Crippen molar-refractivity contribution in [3.05, 3.63) is 69.4 Å². The van der Waals surface area contributed by atoms with E-state index in [1.807, 2.05) is 34.8 Å². The Labute approximate surface area is 178 Å². The molecule has 8 heteroatoms. The molecule has 29 heavy (non-hydrogen) atoms. The van der Waals surface area contributed by atoms with E-state index in [4.69, 9.17) is 11.6 Å². The van der Waals surface area contributed by atoms with Crippen molar-refractivity contribution in [1.29, 1.82) is 0 Å². The van der Waals surface area contributed by atoms with Crippen molar-refractivity contribution in [1.82, 2.24) is 19.4 Å². The molecule has 0 bridgehead atoms. The molecule has 1 aromatic carbocycles. The highest BCUT2D eigenvalue weighted by molar-refractivity contribution is 7.12. The number of aryl methyl sites for hydroxylation is 1. The lowest BCUT2D eigenvalue weighted by atomic mass is 10.1. The maximum absolute atomic E-state index is 13.1. The summed E-state index contributed by atoms with van der Waals surface area (Å²) in [5, 5.41) is 3.32. The summed E-state index contributed by atoms with van der Waals surface area (Å²) in [6.07, 6.45) is 1.76. The highest BCUT2D eigenvalue weighted by Crippen LogP contribution is 2.24. The molecule has 6 nitrogen and oxygen atoms in total. The third-order valence-corrected chi connectivity index (χ3v) is 6.19. The Morgan fingerprint density at radius 2 is 1.72 bits per heavy atom. The summed E-state index contributed by atoms with van der Waals surface area (Å²) < 4.78 is 2.01. The maximum atomic E-state index is 13.1. The monoisotopic (exact) mass is 428 g/mol. The number of carbonyl (C=O) groups excluding carboxylic acids is 2. The Balaban J connectivity index is 1.46. The molecular formula is C21H21ClN4O2S. The quantitative estimate of drug-likeness (QED) is 0.637. The predicted molar refractivity (Wildman–Crippen MR) is 114 cm³/mol. The number of benzene rings is 1. The van der Waals surface area contributed by atoms with Gasteiger partial charge in [-0.05, 0) is 38.1 Å². The molecule has 0 radical (unpaired) electrons. The maximum Gasteiger partial charge on any atom is 0.255 e. The van der Waals surface area contributed by atoms with E-state index >= 15 is 0 Å². The van der Waals surface area contributed by atoms with Gasteiger partial charge in [0.25, 0.3) is 11.8 Å². The van der Waals surface area contributed by atoms with Gasteiger partial charge in [0.15, 0.2) is 5.13 Å². The van der Waals surface area contributed by atoms with Crippen LogP contribution in [0, 0.1) is 13.8 Å². The largest absolute Gasteiger partial charge is 0.335 e. The van der Waals surface area contributed by atoms with Crippen LogP contribution in [-0.2, 0) is 0 Å². The van der Waals surface area contributed by atoms with Crippen LogP contribution in [0.5, 0.6) is 0 Å². The lowest BCUT2D eigenvalue weighted by Gasteiger charge is -2.35. The van der Waals surface area contributed by atoms with Gasteiger partial charge in [-0.3, -0.25) is 14.2 Å². The zero-order valence-electron chi connectivity index (χ0n) is 16.3. The first-order valence-electron chi connectivity index (χ1n) is 9.38. The van der Waals surface area contributed by atoms with Gasteiger partial charge in [0.05, 0.1) is 5.56 Å². The average molecular weight is 429 g/mol. The van der Waals surface area contributed by atoms with E-state index in [0.29, 0.717) is 42.3 Å². The van der Waals surface area contributed by atoms with Crippen LogP contribution in [-0.4, -0.2) is 57.3 Å². The average Bonchev–Trinajstić information content (AvgIpc) is 3.34. The zero-order valence-corrected chi connectivity index (χ0v) is 17.8. The minimum absolute atomic E-state index is 0.00393. The molecule has 1 aliphatic heterocycles. The van der Waals surface area contributed by atoms with Crippen molar-refractivity contribution < 1.29 is 9.59 Å². The van der Waals surface area contributed by atoms with Gasteiger partial charge in [0.2, 0.25) is 0 Å². The van der Waals surface area contributed by atoms with E-state index in [1.165, 1.54) is 0 Å². The molecule has 1 saturated heterocycles. The first-order chi connectivity index (χ1) is 14.0. The Bertz CT molecular complexity index is 1050. The number of amides is 2. The van der Waals surface area contributed by atoms with Crippen LogP contribution in [0.4, 0.5) is 0 Å². The van der Waals surface area contributed by atoms with Crippen LogP contribution in [0.25, 0.3) is 5.13 Å². The number of halogens is 1. The summed E-state index contributed by atoms with van der Waals surface area (Å²) >= 11 is 7.54. The molecule has 150 valence electrons. The lowest BCUT2D eigenvalue weighted by molar-refractivity contribution is 0.0535. The molecule has 3 aromatic rings. The number of hydrogen-bond donors (Lipinski definition) is 0. The van der Waals surface area contributed by atoms with Crippen molar-refractivity contribution in [2.24, 2.45) is 0 Å². The van der Waals surface area contributed by atoms with E-state index < -0.39 is 0 Å². The van der Waals surface area contributed by atoms with Gasteiger partial charge >= 0.3 is 0 Å². The zero-order chi connectivity index (χ0) is 20.5. The second-order valence-corrected chi connectivity index (χ2v) is 8.34. The Kier molecular flexibility index (Phi) is 5.43. The third-order valence-electron chi connectivity index (χ3n) is 5.20. The van der Waals surface area contributed by atoms with E-state index in [2.05, 4.69) is 4.98 Å². The summed E-state index contributed by atoms with van der Waals surface area (Å²) in [5.74, 6) is -0.0580. The fourth-order valence-corrected chi connectivity index (χ4v) is 4.63. The van der Waals surface area contributed by atoms with Crippen LogP contribution < -0.4 is 0 Å². The predicted octanol–water partition coefficient (Wildman–Crippen LogP) is 3.80. The van der Waals surface area contributed by atoms with Crippen LogP contribution in [0.1, 0.15) is 32.1 Å². The van der Waals surface area contributed by atoms with Gasteiger partial charge in [0, 0.05) is 59.7 Å². The minimum Gasteiger partial charge on any atom is -0.335 e. The normalized spacial score (nSPS) is 14.3. The number of nitrogens with zero attached hydrogens (tertiary/aromatic N) is 4. The Morgan fingerprint density at radius 1 is 1.03 bits per heavy atom. The van der Waals surface area contributed by atoms with Crippen LogP contribution >= 0.6 is 22.9 Å². The molecule has 0 aliphatic carbocycles. The van der Waals surface area contributed by atoms with E-state index in [-0.39, 0.29) is 11.8 Å². The highest BCUT2D eigenvalue weighted by atomic mass is 35.5. The summed E-state index contributed by atoms with van der Waals surface area (Å²) in [6, 6.07) is 8.88. The summed E-state index contributed by atoms with van der Waals surface area (Å²) in [7, 11) is 0. The molecule has 0 saturated carbocycles. The van der Waals surface area contributed by atoms with Crippen LogP contribution in [0.15, 0.2) is 41.9 Å². The fourth-order valence-electron chi connectivity index (χ4n) is 3.69. The number of hydrogen-bond acceptors (Lipinski definition) is 4. The SMILES string of the molecule is Cc1cc(C(=O)N2CCN(C(=O)c3cccc(Cl)c3)CC2)c(C)n1-c1nccs1. The minimum atomic E-state index is -0.0541. The summed E-state index contributed by atoms with van der Waals surface area (Å²) in [6.45, 7) is 5.94. The third kappa shape index (κ3) is 3.80. The fraction of sp³-hybridized carbons (Fsp3) is 0.286. The van der Waals surface area contributed by atoms with Crippen molar-refractivity contribution in [3.8, 4) is 5.13 Å². The molecule has 0 atom stereocenters. The van der Waals surface area contributed by atoms with Gasteiger partial charge in [-0.25, -0.2) is 4.98 Å². The number of carbonyl (C=O) groups is 2. The highest BCUT2D eigenvalue weighted by Gasteiger charge is 2.28. The molecule has 4 rings (SSSR count). The molecular weight excluding hydrogens is 408 g/mol. The van der Waals surface area contributed by atoms with Crippen LogP contribution in [0.2, 0.25) is 5.02 Å². The number of piperazine rings is 1. The number of aromatic nitrogens is 2. The summed E-state index contributed by atoms with van der Waals surface area (Å²) in [4.78, 5) is 33.8. The smallest absolute Gasteiger partial charge is 0.255 e. The second kappa shape index (κ2) is 8.00. The van der Waals surface area contributed by atoms with Crippen molar-refractivity contribution in [2.45, 2.75) is 13.8 Å². The molecule has 2 aromatic heterocycles. The molecule has 0 N–H and O–H groups in total. The van der Waals surface area contributed by atoms with Crippen molar-refractivity contribution in [3.63, 3.8) is 0 Å². The molecule has 1 fully saturated rings. The van der Waals surface area contributed by atoms with Crippen LogP contribution in [0.3, 0.4) is 0 Å². The first-order valence-corrected chi connectivity index (χ1v) is 10.6. The lowest BCUT2D eigenvalue weighted by Crippen LogP contribution is -2.50. The number of thiazole rings is 1. The van der Waals surface area contributed by atoms with Gasteiger partial charge in [-0.2, -0.15) is 0 Å². The van der Waals surface area contributed by atoms with Gasteiger partial charge in [-0.15, -0.1) is 11.3 Å². The molecule has 1 aliphatic rings. The van der Waals surface area contributed by atoms with Gasteiger partial charge in [0.1, 0.15) is 0 Å². The second-order valence-electron chi connectivity index (χ2n) is 7.03. The first kappa shape index (κ1) is 19.7.